The molecular weight excluding hydrogens is 233 g/mol. The Bertz CT molecular complexity index is 337. The Labute approximate surface area is 99.3 Å². The van der Waals surface area contributed by atoms with Crippen molar-refractivity contribution in [1.29, 1.82) is 0 Å². The number of nitrogens with one attached hydrogen (secondary N) is 2. The predicted octanol–water partition coefficient (Wildman–Crippen LogP) is 1.86. The molecule has 0 aromatic heterocycles. The maximum absolute atomic E-state index is 5.95. The van der Waals surface area contributed by atoms with Gasteiger partial charge in [-0.25, -0.2) is 5.01 Å². The highest BCUT2D eigenvalue weighted by Gasteiger charge is 2.09. The molecule has 2 N–H and O–H groups in total. The van der Waals surface area contributed by atoms with Crippen LogP contribution in [0.1, 0.15) is 5.56 Å². The van der Waals surface area contributed by atoms with E-state index in [1.807, 2.05) is 18.2 Å². The number of benzene rings is 1. The van der Waals surface area contributed by atoms with Gasteiger partial charge in [0.15, 0.2) is 0 Å². The average Bonchev–Trinajstić information content (AvgIpc) is 2.25. The second kappa shape index (κ2) is 5.14. The molecule has 0 aliphatic carbocycles. The van der Waals surface area contributed by atoms with E-state index in [-0.39, 0.29) is 0 Å². The summed E-state index contributed by atoms with van der Waals surface area (Å²) in [4.78, 5) is 0. The molecule has 0 atom stereocenters. The highest BCUT2D eigenvalue weighted by molar-refractivity contribution is 6.42. The minimum atomic E-state index is 0.602. The van der Waals surface area contributed by atoms with Gasteiger partial charge in [0.25, 0.3) is 0 Å². The topological polar surface area (TPSA) is 27.3 Å². The zero-order valence-electron chi connectivity index (χ0n) is 8.26. The van der Waals surface area contributed by atoms with Crippen molar-refractivity contribution in [2.75, 3.05) is 19.8 Å². The lowest BCUT2D eigenvalue weighted by molar-refractivity contribution is 0.134. The fourth-order valence-corrected chi connectivity index (χ4v) is 1.86. The lowest BCUT2D eigenvalue weighted by atomic mass is 10.2. The molecule has 1 saturated heterocycles. The summed E-state index contributed by atoms with van der Waals surface area (Å²) in [5.74, 6) is 0. The summed E-state index contributed by atoms with van der Waals surface area (Å²) in [5, 5.41) is 6.61. The first-order valence-electron chi connectivity index (χ1n) is 4.89. The van der Waals surface area contributed by atoms with Crippen LogP contribution in [0, 0.1) is 0 Å². The maximum atomic E-state index is 5.95. The molecule has 1 aromatic carbocycles. The molecule has 0 bridgehead atoms. The third kappa shape index (κ3) is 3.06. The predicted molar refractivity (Wildman–Crippen MR) is 62.9 cm³/mol. The number of hydrazine groups is 1. The summed E-state index contributed by atoms with van der Waals surface area (Å²) in [6.07, 6.45) is 0. The Kier molecular flexibility index (Phi) is 3.83. The van der Waals surface area contributed by atoms with Crippen LogP contribution in [0.4, 0.5) is 0 Å². The van der Waals surface area contributed by atoms with E-state index in [1.54, 1.807) is 0 Å². The van der Waals surface area contributed by atoms with Crippen LogP contribution in [0.25, 0.3) is 0 Å². The summed E-state index contributed by atoms with van der Waals surface area (Å²) in [6, 6.07) is 5.72. The zero-order chi connectivity index (χ0) is 10.7. The number of hydrogen-bond acceptors (Lipinski definition) is 3. The standard InChI is InChI=1S/C10H13Cl2N3/c11-9-2-1-8(5-10(9)12)6-15-7-13-3-4-14-15/h1-2,5,13-14H,3-4,6-7H2. The number of rotatable bonds is 2. The highest BCUT2D eigenvalue weighted by Crippen LogP contribution is 2.22. The van der Waals surface area contributed by atoms with Gasteiger partial charge in [0, 0.05) is 19.6 Å². The van der Waals surface area contributed by atoms with E-state index in [4.69, 9.17) is 23.2 Å². The summed E-state index contributed by atoms with van der Waals surface area (Å²) < 4.78 is 0. The molecule has 0 amide bonds. The van der Waals surface area contributed by atoms with Crippen LogP contribution in [0.3, 0.4) is 0 Å². The molecule has 0 spiro atoms. The van der Waals surface area contributed by atoms with Crippen molar-refractivity contribution >= 4 is 23.2 Å². The molecule has 5 heteroatoms. The van der Waals surface area contributed by atoms with Crippen LogP contribution in [0.2, 0.25) is 10.0 Å². The fourth-order valence-electron chi connectivity index (χ4n) is 1.54. The van der Waals surface area contributed by atoms with Gasteiger partial charge < -0.3 is 5.32 Å². The van der Waals surface area contributed by atoms with Gasteiger partial charge in [-0.1, -0.05) is 29.3 Å². The average molecular weight is 246 g/mol. The Morgan fingerprint density at radius 1 is 1.20 bits per heavy atom. The van der Waals surface area contributed by atoms with Gasteiger partial charge in [0.05, 0.1) is 16.7 Å². The van der Waals surface area contributed by atoms with Crippen molar-refractivity contribution in [3.05, 3.63) is 33.8 Å². The van der Waals surface area contributed by atoms with E-state index in [1.165, 1.54) is 0 Å². The summed E-state index contributed by atoms with van der Waals surface area (Å²) in [7, 11) is 0. The Hall–Kier alpha value is -0.320. The first kappa shape index (κ1) is 11.2. The van der Waals surface area contributed by atoms with E-state index in [0.717, 1.165) is 31.9 Å². The number of halogens is 2. The molecule has 1 aliphatic rings. The van der Waals surface area contributed by atoms with Crippen LogP contribution < -0.4 is 10.7 Å². The molecule has 0 saturated carbocycles. The van der Waals surface area contributed by atoms with E-state index >= 15 is 0 Å². The minimum absolute atomic E-state index is 0.602. The summed E-state index contributed by atoms with van der Waals surface area (Å²) >= 11 is 11.8. The van der Waals surface area contributed by atoms with Crippen molar-refractivity contribution in [2.45, 2.75) is 6.54 Å². The third-order valence-electron chi connectivity index (χ3n) is 2.30. The second-order valence-corrected chi connectivity index (χ2v) is 4.33. The molecule has 1 aliphatic heterocycles. The molecule has 3 nitrogen and oxygen atoms in total. The molecule has 82 valence electrons. The molecule has 2 rings (SSSR count). The quantitative estimate of drug-likeness (QED) is 0.834. The fraction of sp³-hybridized carbons (Fsp3) is 0.400. The molecule has 1 fully saturated rings. The zero-order valence-corrected chi connectivity index (χ0v) is 9.78. The van der Waals surface area contributed by atoms with Crippen molar-refractivity contribution < 1.29 is 0 Å². The SMILES string of the molecule is Clc1ccc(CN2CNCCN2)cc1Cl. The van der Waals surface area contributed by atoms with Crippen molar-refractivity contribution in [3.63, 3.8) is 0 Å². The summed E-state index contributed by atoms with van der Waals surface area (Å²) in [6.45, 7) is 3.64. The summed E-state index contributed by atoms with van der Waals surface area (Å²) in [5.41, 5.74) is 4.45. The van der Waals surface area contributed by atoms with Crippen molar-refractivity contribution in [3.8, 4) is 0 Å². The minimum Gasteiger partial charge on any atom is -0.302 e. The van der Waals surface area contributed by atoms with Gasteiger partial charge in [0.2, 0.25) is 0 Å². The number of nitrogens with zero attached hydrogens (tertiary/aromatic N) is 1. The van der Waals surface area contributed by atoms with E-state index in [0.29, 0.717) is 10.0 Å². The molecule has 0 radical (unpaired) electrons. The van der Waals surface area contributed by atoms with Crippen LogP contribution in [-0.4, -0.2) is 24.8 Å². The van der Waals surface area contributed by atoms with E-state index < -0.39 is 0 Å². The first-order valence-corrected chi connectivity index (χ1v) is 5.64. The first-order chi connectivity index (χ1) is 7.25. The molecule has 0 unspecified atom stereocenters. The maximum Gasteiger partial charge on any atom is 0.0625 e. The van der Waals surface area contributed by atoms with E-state index in [9.17, 15) is 0 Å². The van der Waals surface area contributed by atoms with E-state index in [2.05, 4.69) is 15.8 Å². The normalized spacial score (nSPS) is 18.0. The smallest absolute Gasteiger partial charge is 0.0625 e. The van der Waals surface area contributed by atoms with Crippen LogP contribution in [0.15, 0.2) is 18.2 Å². The van der Waals surface area contributed by atoms with Crippen molar-refractivity contribution in [2.24, 2.45) is 0 Å². The van der Waals surface area contributed by atoms with Gasteiger partial charge in [0.1, 0.15) is 0 Å². The lowest BCUT2D eigenvalue weighted by Gasteiger charge is -2.28. The van der Waals surface area contributed by atoms with Gasteiger partial charge in [-0.05, 0) is 17.7 Å². The van der Waals surface area contributed by atoms with Crippen molar-refractivity contribution in [1.82, 2.24) is 15.8 Å². The van der Waals surface area contributed by atoms with Gasteiger partial charge in [-0.3, -0.25) is 5.43 Å². The monoisotopic (exact) mass is 245 g/mol. The third-order valence-corrected chi connectivity index (χ3v) is 3.04. The van der Waals surface area contributed by atoms with Gasteiger partial charge >= 0.3 is 0 Å². The Balaban J connectivity index is 2.00. The van der Waals surface area contributed by atoms with Crippen LogP contribution >= 0.6 is 23.2 Å². The van der Waals surface area contributed by atoms with Gasteiger partial charge in [-0.2, -0.15) is 0 Å². The Morgan fingerprint density at radius 2 is 2.07 bits per heavy atom. The largest absolute Gasteiger partial charge is 0.302 e. The highest BCUT2D eigenvalue weighted by atomic mass is 35.5. The Morgan fingerprint density at radius 3 is 2.73 bits per heavy atom. The van der Waals surface area contributed by atoms with Crippen LogP contribution in [0.5, 0.6) is 0 Å². The lowest BCUT2D eigenvalue weighted by Crippen LogP contribution is -2.51. The number of hydrogen-bond donors (Lipinski definition) is 2. The van der Waals surface area contributed by atoms with Gasteiger partial charge in [-0.15, -0.1) is 0 Å². The molecule has 1 aromatic rings. The second-order valence-electron chi connectivity index (χ2n) is 3.51. The van der Waals surface area contributed by atoms with Crippen LogP contribution in [-0.2, 0) is 6.54 Å². The molecule has 1 heterocycles. The molecular formula is C10H13Cl2N3. The molecule has 15 heavy (non-hydrogen) atoms.